The quantitative estimate of drug-likeness (QED) is 0.866. The first-order valence-electron chi connectivity index (χ1n) is 6.57. The number of hydrogen-bond donors (Lipinski definition) is 1. The lowest BCUT2D eigenvalue weighted by Crippen LogP contribution is -2.38. The minimum atomic E-state index is 0.673. The molecule has 2 rings (SSSR count). The maximum absolute atomic E-state index is 5.33. The molecular weight excluding hydrogens is 210 g/mol. The Morgan fingerprint density at radius 1 is 1.35 bits per heavy atom. The summed E-state index contributed by atoms with van der Waals surface area (Å²) in [5.41, 5.74) is 1.43. The molecule has 1 aliphatic rings. The van der Waals surface area contributed by atoms with E-state index in [1.807, 2.05) is 6.07 Å². The van der Waals surface area contributed by atoms with Crippen molar-refractivity contribution in [2.75, 3.05) is 20.2 Å². The van der Waals surface area contributed by atoms with E-state index in [0.29, 0.717) is 5.92 Å². The van der Waals surface area contributed by atoms with Gasteiger partial charge in [-0.3, -0.25) is 0 Å². The standard InChI is InChI=1S/C15H23NO/c1-11(2)15-10-16-8-7-14(15)12-5-4-6-13(9-12)17-3/h4-6,9,11,14-16H,7-8,10H2,1-3H3. The highest BCUT2D eigenvalue weighted by molar-refractivity contribution is 5.31. The van der Waals surface area contributed by atoms with Crippen LogP contribution < -0.4 is 10.1 Å². The second-order valence-electron chi connectivity index (χ2n) is 5.28. The molecule has 1 N–H and O–H groups in total. The van der Waals surface area contributed by atoms with Crippen molar-refractivity contribution in [2.45, 2.75) is 26.2 Å². The first-order valence-corrected chi connectivity index (χ1v) is 6.57. The van der Waals surface area contributed by atoms with E-state index < -0.39 is 0 Å². The Labute approximate surface area is 104 Å². The first kappa shape index (κ1) is 12.4. The Morgan fingerprint density at radius 3 is 2.88 bits per heavy atom. The van der Waals surface area contributed by atoms with Gasteiger partial charge in [0.2, 0.25) is 0 Å². The predicted octanol–water partition coefficient (Wildman–Crippen LogP) is 3.04. The number of methoxy groups -OCH3 is 1. The fraction of sp³-hybridized carbons (Fsp3) is 0.600. The molecular formula is C15H23NO. The highest BCUT2D eigenvalue weighted by Crippen LogP contribution is 2.35. The van der Waals surface area contributed by atoms with Gasteiger partial charge in [-0.2, -0.15) is 0 Å². The number of piperidine rings is 1. The summed E-state index contributed by atoms with van der Waals surface area (Å²) < 4.78 is 5.33. The zero-order chi connectivity index (χ0) is 12.3. The lowest BCUT2D eigenvalue weighted by atomic mass is 9.75. The fourth-order valence-corrected chi connectivity index (χ4v) is 2.87. The van der Waals surface area contributed by atoms with Crippen molar-refractivity contribution in [3.8, 4) is 5.75 Å². The van der Waals surface area contributed by atoms with Crippen molar-refractivity contribution >= 4 is 0 Å². The van der Waals surface area contributed by atoms with Crippen molar-refractivity contribution in [1.82, 2.24) is 5.32 Å². The van der Waals surface area contributed by atoms with Crippen molar-refractivity contribution in [3.63, 3.8) is 0 Å². The van der Waals surface area contributed by atoms with Crippen molar-refractivity contribution in [2.24, 2.45) is 11.8 Å². The summed E-state index contributed by atoms with van der Waals surface area (Å²) in [5, 5.41) is 3.51. The highest BCUT2D eigenvalue weighted by Gasteiger charge is 2.28. The summed E-state index contributed by atoms with van der Waals surface area (Å²) in [6.07, 6.45) is 1.23. The minimum absolute atomic E-state index is 0.673. The van der Waals surface area contributed by atoms with E-state index in [1.165, 1.54) is 12.0 Å². The molecule has 1 aromatic rings. The molecule has 1 heterocycles. The van der Waals surface area contributed by atoms with Crippen LogP contribution >= 0.6 is 0 Å². The van der Waals surface area contributed by atoms with Gasteiger partial charge < -0.3 is 10.1 Å². The molecule has 2 nitrogen and oxygen atoms in total. The molecule has 1 aromatic carbocycles. The van der Waals surface area contributed by atoms with Crippen LogP contribution in [0.5, 0.6) is 5.75 Å². The minimum Gasteiger partial charge on any atom is -0.497 e. The Kier molecular flexibility index (Phi) is 4.06. The Hall–Kier alpha value is -1.02. The van der Waals surface area contributed by atoms with Crippen LogP contribution in [0.3, 0.4) is 0 Å². The van der Waals surface area contributed by atoms with Gasteiger partial charge in [0, 0.05) is 0 Å². The van der Waals surface area contributed by atoms with Crippen molar-refractivity contribution < 1.29 is 4.74 Å². The van der Waals surface area contributed by atoms with E-state index in [0.717, 1.165) is 30.7 Å². The van der Waals surface area contributed by atoms with E-state index in [2.05, 4.69) is 37.4 Å². The second-order valence-corrected chi connectivity index (χ2v) is 5.28. The zero-order valence-corrected chi connectivity index (χ0v) is 11.1. The Morgan fingerprint density at radius 2 is 2.18 bits per heavy atom. The average Bonchev–Trinajstić information content (AvgIpc) is 2.39. The molecule has 17 heavy (non-hydrogen) atoms. The summed E-state index contributed by atoms with van der Waals surface area (Å²) in [4.78, 5) is 0. The van der Waals surface area contributed by atoms with Crippen molar-refractivity contribution in [3.05, 3.63) is 29.8 Å². The first-order chi connectivity index (χ1) is 8.22. The molecule has 0 amide bonds. The van der Waals surface area contributed by atoms with Crippen LogP contribution in [0.2, 0.25) is 0 Å². The molecule has 0 saturated carbocycles. The molecule has 0 bridgehead atoms. The molecule has 1 aliphatic heterocycles. The number of nitrogens with one attached hydrogen (secondary N) is 1. The van der Waals surface area contributed by atoms with Crippen LogP contribution in [0.15, 0.2) is 24.3 Å². The lowest BCUT2D eigenvalue weighted by molar-refractivity contribution is 0.254. The van der Waals surface area contributed by atoms with Gasteiger partial charge in [0.15, 0.2) is 0 Å². The molecule has 1 saturated heterocycles. The highest BCUT2D eigenvalue weighted by atomic mass is 16.5. The van der Waals surface area contributed by atoms with E-state index in [9.17, 15) is 0 Å². The average molecular weight is 233 g/mol. The van der Waals surface area contributed by atoms with E-state index in [4.69, 9.17) is 4.74 Å². The third-order valence-electron chi connectivity index (χ3n) is 3.91. The molecule has 0 radical (unpaired) electrons. The number of ether oxygens (including phenoxy) is 1. The van der Waals surface area contributed by atoms with E-state index in [-0.39, 0.29) is 0 Å². The zero-order valence-electron chi connectivity index (χ0n) is 11.1. The van der Waals surface area contributed by atoms with Gasteiger partial charge in [0.25, 0.3) is 0 Å². The molecule has 2 heteroatoms. The monoisotopic (exact) mass is 233 g/mol. The van der Waals surface area contributed by atoms with Crippen LogP contribution in [-0.4, -0.2) is 20.2 Å². The maximum atomic E-state index is 5.33. The van der Waals surface area contributed by atoms with Crippen LogP contribution in [-0.2, 0) is 0 Å². The summed E-state index contributed by atoms with van der Waals surface area (Å²) in [7, 11) is 1.74. The normalized spacial score (nSPS) is 24.9. The molecule has 0 spiro atoms. The number of rotatable bonds is 3. The predicted molar refractivity (Wildman–Crippen MR) is 71.5 cm³/mol. The van der Waals surface area contributed by atoms with Crippen LogP contribution in [0.4, 0.5) is 0 Å². The lowest BCUT2D eigenvalue weighted by Gasteiger charge is -2.35. The van der Waals surface area contributed by atoms with Gasteiger partial charge in [0.1, 0.15) is 5.75 Å². The van der Waals surface area contributed by atoms with Gasteiger partial charge in [-0.15, -0.1) is 0 Å². The van der Waals surface area contributed by atoms with Crippen LogP contribution in [0.1, 0.15) is 31.7 Å². The third-order valence-corrected chi connectivity index (χ3v) is 3.91. The summed E-state index contributed by atoms with van der Waals surface area (Å²) >= 11 is 0. The van der Waals surface area contributed by atoms with Gasteiger partial charge in [-0.1, -0.05) is 26.0 Å². The molecule has 0 aromatic heterocycles. The molecule has 1 fully saturated rings. The maximum Gasteiger partial charge on any atom is 0.119 e. The molecule has 94 valence electrons. The smallest absolute Gasteiger partial charge is 0.119 e. The molecule has 2 atom stereocenters. The third kappa shape index (κ3) is 2.81. The summed E-state index contributed by atoms with van der Waals surface area (Å²) in [6.45, 7) is 6.92. The van der Waals surface area contributed by atoms with Crippen LogP contribution in [0, 0.1) is 11.8 Å². The van der Waals surface area contributed by atoms with Gasteiger partial charge >= 0.3 is 0 Å². The van der Waals surface area contributed by atoms with Gasteiger partial charge in [-0.25, -0.2) is 0 Å². The van der Waals surface area contributed by atoms with Crippen molar-refractivity contribution in [1.29, 1.82) is 0 Å². The SMILES string of the molecule is COc1cccc(C2CCNCC2C(C)C)c1. The van der Waals surface area contributed by atoms with E-state index in [1.54, 1.807) is 7.11 Å². The molecule has 0 aliphatic carbocycles. The fourth-order valence-electron chi connectivity index (χ4n) is 2.87. The van der Waals surface area contributed by atoms with Crippen LogP contribution in [0.25, 0.3) is 0 Å². The second kappa shape index (κ2) is 5.54. The van der Waals surface area contributed by atoms with Gasteiger partial charge in [-0.05, 0) is 55.0 Å². The number of hydrogen-bond acceptors (Lipinski definition) is 2. The van der Waals surface area contributed by atoms with E-state index >= 15 is 0 Å². The largest absolute Gasteiger partial charge is 0.497 e. The summed E-state index contributed by atoms with van der Waals surface area (Å²) in [6, 6.07) is 8.57. The van der Waals surface area contributed by atoms with Gasteiger partial charge in [0.05, 0.1) is 7.11 Å². The Bertz CT molecular complexity index is 362. The topological polar surface area (TPSA) is 21.3 Å². The Balaban J connectivity index is 2.22. The molecule has 2 unspecified atom stereocenters. The summed E-state index contributed by atoms with van der Waals surface area (Å²) in [5.74, 6) is 3.10. The number of benzene rings is 1.